The number of fused-ring (bicyclic) bond motifs is 3. The van der Waals surface area contributed by atoms with Gasteiger partial charge in [0.2, 0.25) is 5.13 Å². The first-order valence-corrected chi connectivity index (χ1v) is 11.5. The van der Waals surface area contributed by atoms with Gasteiger partial charge in [-0.2, -0.15) is 0 Å². The van der Waals surface area contributed by atoms with Gasteiger partial charge in [-0.1, -0.05) is 23.8 Å². The zero-order valence-electron chi connectivity index (χ0n) is 17.6. The molecule has 2 aliphatic rings. The summed E-state index contributed by atoms with van der Waals surface area (Å²) < 4.78 is 0. The number of phenolic OH excluding ortho intramolecular Hbond substituents is 1. The number of carbonyl (C=O) groups is 1. The number of aromatic nitrogens is 3. The van der Waals surface area contributed by atoms with Crippen molar-refractivity contribution in [2.45, 2.75) is 50.2 Å². The number of aromatic hydroxyl groups is 1. The van der Waals surface area contributed by atoms with Crippen LogP contribution in [0, 0.1) is 0 Å². The van der Waals surface area contributed by atoms with E-state index in [1.807, 2.05) is 12.1 Å². The Balaban J connectivity index is 1.41. The minimum absolute atomic E-state index is 0.0795. The predicted octanol–water partition coefficient (Wildman–Crippen LogP) is 2.93. The predicted molar refractivity (Wildman–Crippen MR) is 122 cm³/mol. The van der Waals surface area contributed by atoms with Crippen molar-refractivity contribution in [1.29, 1.82) is 0 Å². The van der Waals surface area contributed by atoms with E-state index in [2.05, 4.69) is 37.8 Å². The van der Waals surface area contributed by atoms with Gasteiger partial charge in [-0.3, -0.25) is 4.79 Å². The van der Waals surface area contributed by atoms with Crippen molar-refractivity contribution >= 4 is 33.3 Å². The molecule has 0 aliphatic carbocycles. The van der Waals surface area contributed by atoms with E-state index in [1.54, 1.807) is 19.2 Å². The molecule has 1 amide bonds. The number of piperidine rings is 2. The molecule has 2 bridgehead atoms. The van der Waals surface area contributed by atoms with Gasteiger partial charge in [0.05, 0.1) is 11.1 Å². The molecule has 4 heterocycles. The third-order valence-electron chi connectivity index (χ3n) is 6.45. The highest BCUT2D eigenvalue weighted by molar-refractivity contribution is 7.18. The Hall–Kier alpha value is -2.78. The van der Waals surface area contributed by atoms with Crippen molar-refractivity contribution in [2.24, 2.45) is 0 Å². The van der Waals surface area contributed by atoms with E-state index in [9.17, 15) is 9.90 Å². The Morgan fingerprint density at radius 2 is 2.00 bits per heavy atom. The molecule has 162 valence electrons. The maximum absolute atomic E-state index is 11.8. The molecule has 31 heavy (non-hydrogen) atoms. The molecule has 0 saturated carbocycles. The number of pyridine rings is 1. The van der Waals surface area contributed by atoms with Crippen LogP contribution in [0.15, 0.2) is 24.3 Å². The van der Waals surface area contributed by atoms with E-state index >= 15 is 0 Å². The average molecular weight is 439 g/mol. The van der Waals surface area contributed by atoms with Crippen LogP contribution in [0.2, 0.25) is 0 Å². The third kappa shape index (κ3) is 3.83. The molecule has 5 rings (SSSR count). The summed E-state index contributed by atoms with van der Waals surface area (Å²) in [5.41, 5.74) is 1.50. The van der Waals surface area contributed by atoms with E-state index in [0.29, 0.717) is 39.9 Å². The van der Waals surface area contributed by atoms with Gasteiger partial charge in [0.15, 0.2) is 5.01 Å². The summed E-state index contributed by atoms with van der Waals surface area (Å²) in [4.78, 5) is 18.4. The van der Waals surface area contributed by atoms with Crippen molar-refractivity contribution in [3.8, 4) is 16.3 Å². The Morgan fingerprint density at radius 1 is 1.23 bits per heavy atom. The molecule has 3 atom stereocenters. The monoisotopic (exact) mass is 438 g/mol. The highest BCUT2D eigenvalue weighted by Gasteiger charge is 2.34. The van der Waals surface area contributed by atoms with Crippen LogP contribution in [0.4, 0.5) is 5.13 Å². The van der Waals surface area contributed by atoms with Gasteiger partial charge in [0.1, 0.15) is 11.4 Å². The summed E-state index contributed by atoms with van der Waals surface area (Å²) in [6, 6.07) is 8.59. The van der Waals surface area contributed by atoms with Crippen LogP contribution in [0.25, 0.3) is 21.5 Å². The summed E-state index contributed by atoms with van der Waals surface area (Å²) in [6.45, 7) is 0. The van der Waals surface area contributed by atoms with Crippen LogP contribution >= 0.6 is 11.3 Å². The minimum Gasteiger partial charge on any atom is -0.507 e. The molecule has 9 heteroatoms. The second-order valence-corrected chi connectivity index (χ2v) is 9.41. The number of hydrogen-bond acceptors (Lipinski definition) is 8. The number of carbonyl (C=O) groups excluding carboxylic acids is 1. The highest BCUT2D eigenvalue weighted by atomic mass is 32.1. The lowest BCUT2D eigenvalue weighted by Gasteiger charge is -2.43. The molecule has 8 nitrogen and oxygen atoms in total. The Labute approximate surface area is 184 Å². The van der Waals surface area contributed by atoms with E-state index in [0.717, 1.165) is 23.4 Å². The number of phenols is 1. The van der Waals surface area contributed by atoms with E-state index in [1.165, 1.54) is 30.6 Å². The summed E-state index contributed by atoms with van der Waals surface area (Å²) in [7, 11) is 3.66. The number of nitrogens with one attached hydrogen (secondary N) is 2. The van der Waals surface area contributed by atoms with E-state index in [4.69, 9.17) is 0 Å². The lowest BCUT2D eigenvalue weighted by molar-refractivity contribution is 0.0958. The number of benzene rings is 1. The van der Waals surface area contributed by atoms with Gasteiger partial charge in [0.25, 0.3) is 5.91 Å². The van der Waals surface area contributed by atoms with Crippen LogP contribution in [0.1, 0.15) is 42.6 Å². The molecule has 1 aromatic carbocycles. The van der Waals surface area contributed by atoms with E-state index in [-0.39, 0.29) is 11.7 Å². The zero-order chi connectivity index (χ0) is 21.5. The Bertz CT molecular complexity index is 1120. The second-order valence-electron chi connectivity index (χ2n) is 8.46. The smallest absolute Gasteiger partial charge is 0.269 e. The lowest BCUT2D eigenvalue weighted by atomic mass is 9.83. The molecule has 2 saturated heterocycles. The topological polar surface area (TPSA) is 103 Å². The van der Waals surface area contributed by atoms with Crippen LogP contribution in [0.5, 0.6) is 5.75 Å². The molecule has 2 fully saturated rings. The van der Waals surface area contributed by atoms with E-state index < -0.39 is 0 Å². The quantitative estimate of drug-likeness (QED) is 0.575. The van der Waals surface area contributed by atoms with Crippen molar-refractivity contribution in [2.75, 3.05) is 19.0 Å². The minimum atomic E-state index is -0.260. The Morgan fingerprint density at radius 3 is 2.74 bits per heavy atom. The fraction of sp³-hybridized carbons (Fsp3) is 0.455. The van der Waals surface area contributed by atoms with Crippen molar-refractivity contribution < 1.29 is 9.90 Å². The molecule has 0 radical (unpaired) electrons. The molecular weight excluding hydrogens is 412 g/mol. The number of hydrogen-bond donors (Lipinski definition) is 3. The first-order chi connectivity index (χ1) is 15.0. The SMILES string of the molecule is CNC(=O)c1ccc2cc(-c3nnc(N(C)C4C[C@H]5CCC[C@@H](C4)N5)s3)c(O)cc2n1. The molecular formula is C22H26N6O2S. The molecule has 2 aromatic heterocycles. The first kappa shape index (κ1) is 20.1. The van der Waals surface area contributed by atoms with Gasteiger partial charge < -0.3 is 20.6 Å². The van der Waals surface area contributed by atoms with Crippen LogP contribution in [0.3, 0.4) is 0 Å². The molecule has 2 aliphatic heterocycles. The fourth-order valence-corrected chi connectivity index (χ4v) is 5.66. The lowest BCUT2D eigenvalue weighted by Crippen LogP contribution is -2.54. The summed E-state index contributed by atoms with van der Waals surface area (Å²) in [5, 5.41) is 28.1. The fourth-order valence-electron chi connectivity index (χ4n) is 4.76. The Kier molecular flexibility index (Phi) is 5.23. The summed E-state index contributed by atoms with van der Waals surface area (Å²) in [5.74, 6) is -0.180. The van der Waals surface area contributed by atoms with Crippen molar-refractivity contribution in [3.05, 3.63) is 30.0 Å². The van der Waals surface area contributed by atoms with Gasteiger partial charge >= 0.3 is 0 Å². The average Bonchev–Trinajstić information content (AvgIpc) is 3.26. The highest BCUT2D eigenvalue weighted by Crippen LogP contribution is 2.38. The maximum atomic E-state index is 11.8. The van der Waals surface area contributed by atoms with Crippen molar-refractivity contribution in [3.63, 3.8) is 0 Å². The molecule has 1 unspecified atom stereocenters. The summed E-state index contributed by atoms with van der Waals surface area (Å²) >= 11 is 1.49. The number of anilines is 1. The molecule has 3 aromatic rings. The molecule has 0 spiro atoms. The summed E-state index contributed by atoms with van der Waals surface area (Å²) in [6.07, 6.45) is 6.08. The van der Waals surface area contributed by atoms with Gasteiger partial charge in [0, 0.05) is 43.7 Å². The number of rotatable bonds is 4. The van der Waals surface area contributed by atoms with Gasteiger partial charge in [-0.05, 0) is 37.8 Å². The third-order valence-corrected chi connectivity index (χ3v) is 7.50. The maximum Gasteiger partial charge on any atom is 0.269 e. The first-order valence-electron chi connectivity index (χ1n) is 10.7. The number of nitrogens with zero attached hydrogens (tertiary/aromatic N) is 4. The van der Waals surface area contributed by atoms with Gasteiger partial charge in [-0.25, -0.2) is 4.98 Å². The standard InChI is InChI=1S/C22H26N6O2S/c1-23-20(30)17-7-6-12-8-16(19(29)11-18(12)25-17)21-26-27-22(31-21)28(2)15-9-13-4-3-5-14(10-15)24-13/h6-8,11,13-15,24,29H,3-5,9-10H2,1-2H3,(H,23,30)/t13-,14+,15?. The van der Waals surface area contributed by atoms with Crippen LogP contribution in [-0.4, -0.2) is 58.4 Å². The largest absolute Gasteiger partial charge is 0.507 e. The second kappa shape index (κ2) is 8.05. The normalized spacial score (nSPS) is 23.0. The van der Waals surface area contributed by atoms with Crippen LogP contribution < -0.4 is 15.5 Å². The van der Waals surface area contributed by atoms with Crippen LogP contribution in [-0.2, 0) is 0 Å². The zero-order valence-corrected chi connectivity index (χ0v) is 18.4. The van der Waals surface area contributed by atoms with Crippen molar-refractivity contribution in [1.82, 2.24) is 25.8 Å². The number of amides is 1. The molecule has 3 N–H and O–H groups in total. The van der Waals surface area contributed by atoms with Gasteiger partial charge in [-0.15, -0.1) is 10.2 Å².